The van der Waals surface area contributed by atoms with Crippen LogP contribution in [0.5, 0.6) is 0 Å². The van der Waals surface area contributed by atoms with Crippen molar-refractivity contribution in [2.24, 2.45) is 0 Å². The zero-order valence-corrected chi connectivity index (χ0v) is 12.3. The number of carbonyl (C=O) groups excluding carboxylic acids is 1. The lowest BCUT2D eigenvalue weighted by Crippen LogP contribution is -2.26. The molecule has 1 aliphatic carbocycles. The number of hydrogen-bond donors (Lipinski definition) is 2. The summed E-state index contributed by atoms with van der Waals surface area (Å²) >= 11 is 1.64. The number of benzene rings is 1. The monoisotopic (exact) mass is 300 g/mol. The summed E-state index contributed by atoms with van der Waals surface area (Å²) in [5.74, 6) is 0.902. The summed E-state index contributed by atoms with van der Waals surface area (Å²) in [6.45, 7) is 0.712. The maximum Gasteiger partial charge on any atom is 0.225 e. The Kier molecular flexibility index (Phi) is 3.11. The smallest absolute Gasteiger partial charge is 0.225 e. The molecule has 1 aromatic carbocycles. The van der Waals surface area contributed by atoms with E-state index in [2.05, 4.69) is 26.9 Å². The molecule has 2 N–H and O–H groups in total. The van der Waals surface area contributed by atoms with E-state index in [0.29, 0.717) is 18.9 Å². The molecule has 2 heterocycles. The SMILES string of the molecule is O=C1CC(CNc2nnc(C3CC3)s2)c2ccccc2N1. The number of amides is 1. The molecule has 6 heteroatoms. The van der Waals surface area contributed by atoms with Crippen LogP contribution in [0, 0.1) is 0 Å². The molecule has 1 amide bonds. The van der Waals surface area contributed by atoms with Gasteiger partial charge in [0.2, 0.25) is 11.0 Å². The van der Waals surface area contributed by atoms with Crippen LogP contribution in [-0.2, 0) is 4.79 Å². The van der Waals surface area contributed by atoms with Gasteiger partial charge in [-0.1, -0.05) is 29.5 Å². The van der Waals surface area contributed by atoms with Crippen LogP contribution in [0.2, 0.25) is 0 Å². The molecule has 2 aliphatic rings. The van der Waals surface area contributed by atoms with Gasteiger partial charge in [0.05, 0.1) is 0 Å². The van der Waals surface area contributed by atoms with Gasteiger partial charge in [0.25, 0.3) is 0 Å². The number of nitrogens with zero attached hydrogens (tertiary/aromatic N) is 2. The molecule has 108 valence electrons. The minimum absolute atomic E-state index is 0.0800. The Morgan fingerprint density at radius 3 is 3.00 bits per heavy atom. The predicted molar refractivity (Wildman–Crippen MR) is 82.8 cm³/mol. The van der Waals surface area contributed by atoms with E-state index < -0.39 is 0 Å². The summed E-state index contributed by atoms with van der Waals surface area (Å²) in [6, 6.07) is 7.99. The summed E-state index contributed by atoms with van der Waals surface area (Å²) in [4.78, 5) is 11.8. The fraction of sp³-hybridized carbons (Fsp3) is 0.400. The van der Waals surface area contributed by atoms with Gasteiger partial charge in [-0.05, 0) is 24.5 Å². The van der Waals surface area contributed by atoms with Gasteiger partial charge in [-0.25, -0.2) is 0 Å². The van der Waals surface area contributed by atoms with Crippen molar-refractivity contribution >= 4 is 28.1 Å². The molecule has 1 atom stereocenters. The van der Waals surface area contributed by atoms with Crippen molar-refractivity contribution in [2.75, 3.05) is 17.2 Å². The first-order chi connectivity index (χ1) is 10.3. The first-order valence-corrected chi connectivity index (χ1v) is 8.07. The predicted octanol–water partition coefficient (Wildman–Crippen LogP) is 2.95. The van der Waals surface area contributed by atoms with Gasteiger partial charge in [-0.2, -0.15) is 0 Å². The molecule has 0 bridgehead atoms. The van der Waals surface area contributed by atoms with Crippen molar-refractivity contribution in [1.29, 1.82) is 0 Å². The fourth-order valence-electron chi connectivity index (χ4n) is 2.70. The second kappa shape index (κ2) is 5.11. The highest BCUT2D eigenvalue weighted by molar-refractivity contribution is 7.15. The molecule has 4 rings (SSSR count). The van der Waals surface area contributed by atoms with Crippen molar-refractivity contribution in [1.82, 2.24) is 10.2 Å². The molecule has 1 unspecified atom stereocenters. The molecule has 1 aromatic heterocycles. The average Bonchev–Trinajstić information content (AvgIpc) is 3.24. The minimum atomic E-state index is 0.0800. The number of aromatic nitrogens is 2. The number of carbonyl (C=O) groups is 1. The Bertz CT molecular complexity index is 680. The zero-order chi connectivity index (χ0) is 14.2. The van der Waals surface area contributed by atoms with E-state index in [1.54, 1.807) is 11.3 Å². The van der Waals surface area contributed by atoms with Gasteiger partial charge in [-0.15, -0.1) is 10.2 Å². The Balaban J connectivity index is 1.47. The van der Waals surface area contributed by atoms with E-state index in [4.69, 9.17) is 0 Å². The summed E-state index contributed by atoms with van der Waals surface area (Å²) in [5.41, 5.74) is 2.12. The average molecular weight is 300 g/mol. The lowest BCUT2D eigenvalue weighted by molar-refractivity contribution is -0.116. The Morgan fingerprint density at radius 2 is 2.14 bits per heavy atom. The molecule has 2 aromatic rings. The van der Waals surface area contributed by atoms with Crippen molar-refractivity contribution in [2.45, 2.75) is 31.1 Å². The fourth-order valence-corrected chi connectivity index (χ4v) is 3.62. The summed E-state index contributed by atoms with van der Waals surface area (Å²) in [5, 5.41) is 16.7. The van der Waals surface area contributed by atoms with Crippen LogP contribution in [0.1, 0.15) is 41.7 Å². The van der Waals surface area contributed by atoms with E-state index in [0.717, 1.165) is 15.8 Å². The number of para-hydroxylation sites is 1. The molecule has 0 spiro atoms. The maximum atomic E-state index is 11.8. The third-order valence-corrected chi connectivity index (χ3v) is 5.02. The third-order valence-electron chi connectivity index (χ3n) is 3.97. The van der Waals surface area contributed by atoms with Gasteiger partial charge in [0, 0.05) is 30.5 Å². The van der Waals surface area contributed by atoms with Crippen LogP contribution >= 0.6 is 11.3 Å². The van der Waals surface area contributed by atoms with Crippen molar-refractivity contribution in [3.05, 3.63) is 34.8 Å². The number of rotatable bonds is 4. The lowest BCUT2D eigenvalue weighted by Gasteiger charge is -2.25. The number of nitrogens with one attached hydrogen (secondary N) is 2. The normalized spacial score (nSPS) is 20.8. The highest BCUT2D eigenvalue weighted by Gasteiger charge is 2.28. The summed E-state index contributed by atoms with van der Waals surface area (Å²) in [7, 11) is 0. The van der Waals surface area contributed by atoms with Gasteiger partial charge >= 0.3 is 0 Å². The van der Waals surface area contributed by atoms with E-state index >= 15 is 0 Å². The van der Waals surface area contributed by atoms with Gasteiger partial charge in [0.1, 0.15) is 5.01 Å². The van der Waals surface area contributed by atoms with E-state index in [-0.39, 0.29) is 11.8 Å². The van der Waals surface area contributed by atoms with Crippen molar-refractivity contribution in [3.8, 4) is 0 Å². The molecule has 5 nitrogen and oxygen atoms in total. The van der Waals surface area contributed by atoms with Gasteiger partial charge < -0.3 is 10.6 Å². The Hall–Kier alpha value is -1.95. The molecule has 21 heavy (non-hydrogen) atoms. The lowest BCUT2D eigenvalue weighted by atomic mass is 9.90. The van der Waals surface area contributed by atoms with Crippen LogP contribution in [0.4, 0.5) is 10.8 Å². The van der Waals surface area contributed by atoms with Crippen molar-refractivity contribution < 1.29 is 4.79 Å². The number of hydrogen-bond acceptors (Lipinski definition) is 5. The Morgan fingerprint density at radius 1 is 1.29 bits per heavy atom. The zero-order valence-electron chi connectivity index (χ0n) is 11.5. The van der Waals surface area contributed by atoms with Gasteiger partial charge in [-0.3, -0.25) is 4.79 Å². The minimum Gasteiger partial charge on any atom is -0.359 e. The summed E-state index contributed by atoms with van der Waals surface area (Å²) < 4.78 is 0. The van der Waals surface area contributed by atoms with Crippen LogP contribution in [-0.4, -0.2) is 22.6 Å². The van der Waals surface area contributed by atoms with Crippen LogP contribution in [0.25, 0.3) is 0 Å². The topological polar surface area (TPSA) is 66.9 Å². The molecular weight excluding hydrogens is 284 g/mol. The van der Waals surface area contributed by atoms with Crippen LogP contribution in [0.15, 0.2) is 24.3 Å². The highest BCUT2D eigenvalue weighted by atomic mass is 32.1. The quantitative estimate of drug-likeness (QED) is 0.911. The molecular formula is C15H16N4OS. The Labute approximate surface area is 126 Å². The third kappa shape index (κ3) is 2.63. The highest BCUT2D eigenvalue weighted by Crippen LogP contribution is 2.42. The first-order valence-electron chi connectivity index (χ1n) is 7.25. The molecule has 0 radical (unpaired) electrons. The molecule has 1 saturated carbocycles. The number of anilines is 2. The van der Waals surface area contributed by atoms with Gasteiger partial charge in [0.15, 0.2) is 0 Å². The largest absolute Gasteiger partial charge is 0.359 e. The van der Waals surface area contributed by atoms with Crippen LogP contribution < -0.4 is 10.6 Å². The molecule has 0 saturated heterocycles. The van der Waals surface area contributed by atoms with Crippen molar-refractivity contribution in [3.63, 3.8) is 0 Å². The second-order valence-corrected chi connectivity index (χ2v) is 6.65. The second-order valence-electron chi connectivity index (χ2n) is 5.64. The number of fused-ring (bicyclic) bond motifs is 1. The summed E-state index contributed by atoms with van der Waals surface area (Å²) in [6.07, 6.45) is 2.99. The molecule has 1 aliphatic heterocycles. The molecule has 1 fully saturated rings. The van der Waals surface area contributed by atoms with E-state index in [1.165, 1.54) is 18.4 Å². The van der Waals surface area contributed by atoms with E-state index in [9.17, 15) is 4.79 Å². The first kappa shape index (κ1) is 12.8. The standard InChI is InChI=1S/C15H16N4OS/c20-13-7-10(11-3-1-2-4-12(11)17-13)8-16-15-19-18-14(21-15)9-5-6-9/h1-4,9-10H,5-8H2,(H,16,19)(H,17,20). The van der Waals surface area contributed by atoms with E-state index in [1.807, 2.05) is 18.2 Å². The maximum absolute atomic E-state index is 11.8. The van der Waals surface area contributed by atoms with Crippen LogP contribution in [0.3, 0.4) is 0 Å².